The number of carbonyl (C=O) groups is 1. The van der Waals surface area contributed by atoms with Crippen molar-refractivity contribution in [3.05, 3.63) is 45.1 Å². The number of halogens is 1. The summed E-state index contributed by atoms with van der Waals surface area (Å²) in [6.45, 7) is 1.71. The van der Waals surface area contributed by atoms with E-state index in [1.165, 1.54) is 30.6 Å². The van der Waals surface area contributed by atoms with Crippen molar-refractivity contribution in [2.24, 2.45) is 0 Å². The van der Waals surface area contributed by atoms with Crippen LogP contribution in [0, 0.1) is 6.92 Å². The molecule has 0 aliphatic heterocycles. The van der Waals surface area contributed by atoms with Gasteiger partial charge in [-0.3, -0.25) is 4.72 Å². The summed E-state index contributed by atoms with van der Waals surface area (Å²) in [6, 6.07) is 6.08. The summed E-state index contributed by atoms with van der Waals surface area (Å²) < 4.78 is 31.7. The zero-order valence-electron chi connectivity index (χ0n) is 11.2. The van der Waals surface area contributed by atoms with E-state index in [9.17, 15) is 13.2 Å². The van der Waals surface area contributed by atoms with Gasteiger partial charge < -0.3 is 4.74 Å². The van der Waals surface area contributed by atoms with E-state index >= 15 is 0 Å². The van der Waals surface area contributed by atoms with Gasteiger partial charge in [0, 0.05) is 10.3 Å². The number of thiophene rings is 1. The van der Waals surface area contributed by atoms with Crippen LogP contribution in [0.4, 0.5) is 5.69 Å². The molecule has 0 saturated carbocycles. The number of sulfonamides is 1. The quantitative estimate of drug-likeness (QED) is 0.863. The molecule has 1 aromatic carbocycles. The summed E-state index contributed by atoms with van der Waals surface area (Å²) in [5.74, 6) is -0.592. The Morgan fingerprint density at radius 3 is 2.62 bits per heavy atom. The van der Waals surface area contributed by atoms with Gasteiger partial charge in [0.15, 0.2) is 0 Å². The van der Waals surface area contributed by atoms with Gasteiger partial charge >= 0.3 is 5.97 Å². The van der Waals surface area contributed by atoms with Crippen LogP contribution in [0.25, 0.3) is 0 Å². The molecule has 0 spiro atoms. The number of esters is 1. The predicted octanol–water partition coefficient (Wildman–Crippen LogP) is 3.30. The van der Waals surface area contributed by atoms with E-state index < -0.39 is 16.0 Å². The number of methoxy groups -OCH3 is 1. The van der Waals surface area contributed by atoms with Crippen LogP contribution in [0.15, 0.2) is 34.5 Å². The molecule has 0 fully saturated rings. The first kappa shape index (κ1) is 15.8. The van der Waals surface area contributed by atoms with Gasteiger partial charge in [-0.15, -0.1) is 11.3 Å². The monoisotopic (exact) mass is 345 g/mol. The topological polar surface area (TPSA) is 72.5 Å². The number of rotatable bonds is 4. The maximum absolute atomic E-state index is 12.4. The van der Waals surface area contributed by atoms with Crippen molar-refractivity contribution < 1.29 is 17.9 Å². The molecule has 0 aliphatic rings. The highest BCUT2D eigenvalue weighted by molar-refractivity contribution is 7.92. The molecule has 21 heavy (non-hydrogen) atoms. The number of benzene rings is 1. The molecular formula is C13H12ClNO4S2. The molecule has 2 aromatic rings. The van der Waals surface area contributed by atoms with Crippen molar-refractivity contribution in [1.82, 2.24) is 0 Å². The molecule has 0 saturated heterocycles. The molecule has 2 rings (SSSR count). The van der Waals surface area contributed by atoms with Gasteiger partial charge in [0.1, 0.15) is 4.90 Å². The summed E-state index contributed by atoms with van der Waals surface area (Å²) >= 11 is 7.16. The highest BCUT2D eigenvalue weighted by Gasteiger charge is 2.23. The molecule has 0 unspecified atom stereocenters. The second-order valence-corrected chi connectivity index (χ2v) is 7.25. The summed E-state index contributed by atoms with van der Waals surface area (Å²) in [5, 5.41) is 1.66. The predicted molar refractivity (Wildman–Crippen MR) is 82.7 cm³/mol. The average molecular weight is 346 g/mol. The van der Waals surface area contributed by atoms with Crippen molar-refractivity contribution in [1.29, 1.82) is 0 Å². The number of anilines is 1. The molecule has 1 heterocycles. The van der Waals surface area contributed by atoms with E-state index in [0.717, 1.165) is 0 Å². The molecule has 0 radical (unpaired) electrons. The Balaban J connectivity index is 2.43. The van der Waals surface area contributed by atoms with Crippen molar-refractivity contribution in [2.75, 3.05) is 11.8 Å². The molecular weight excluding hydrogens is 334 g/mol. The maximum atomic E-state index is 12.4. The van der Waals surface area contributed by atoms with Gasteiger partial charge in [-0.1, -0.05) is 23.7 Å². The molecule has 8 heteroatoms. The Morgan fingerprint density at radius 1 is 1.33 bits per heavy atom. The summed E-state index contributed by atoms with van der Waals surface area (Å²) in [7, 11) is -2.64. The van der Waals surface area contributed by atoms with Crippen LogP contribution >= 0.6 is 22.9 Å². The average Bonchev–Trinajstić information content (AvgIpc) is 2.78. The normalized spacial score (nSPS) is 11.2. The van der Waals surface area contributed by atoms with Gasteiger partial charge in [0.05, 0.1) is 23.4 Å². The smallest absolute Gasteiger partial charge is 0.341 e. The van der Waals surface area contributed by atoms with E-state index in [0.29, 0.717) is 4.88 Å². The van der Waals surface area contributed by atoms with E-state index in [1.807, 2.05) is 0 Å². The first-order valence-electron chi connectivity index (χ1n) is 5.80. The van der Waals surface area contributed by atoms with Crippen LogP contribution in [0.3, 0.4) is 0 Å². The van der Waals surface area contributed by atoms with Gasteiger partial charge in [0.2, 0.25) is 0 Å². The van der Waals surface area contributed by atoms with Gasteiger partial charge in [-0.25, -0.2) is 13.2 Å². The number of ether oxygens (including phenoxy) is 1. The van der Waals surface area contributed by atoms with Gasteiger partial charge in [-0.05, 0) is 19.1 Å². The van der Waals surface area contributed by atoms with Crippen molar-refractivity contribution in [2.45, 2.75) is 11.8 Å². The minimum absolute atomic E-state index is 0.0497. The minimum atomic E-state index is -3.88. The Bertz CT molecular complexity index is 783. The summed E-state index contributed by atoms with van der Waals surface area (Å²) in [5.41, 5.74) is 0.391. The van der Waals surface area contributed by atoms with Crippen LogP contribution < -0.4 is 4.72 Å². The van der Waals surface area contributed by atoms with Crippen LogP contribution in [-0.4, -0.2) is 21.5 Å². The molecule has 0 atom stereocenters. The Kier molecular flexibility index (Phi) is 4.55. The van der Waals surface area contributed by atoms with E-state index in [1.54, 1.807) is 24.4 Å². The van der Waals surface area contributed by atoms with E-state index in [-0.39, 0.29) is 21.2 Å². The maximum Gasteiger partial charge on any atom is 0.341 e. The fraction of sp³-hybridized carbons (Fsp3) is 0.154. The van der Waals surface area contributed by atoms with Crippen LogP contribution in [-0.2, 0) is 14.8 Å². The lowest BCUT2D eigenvalue weighted by Crippen LogP contribution is -2.15. The first-order chi connectivity index (χ1) is 9.86. The first-order valence-corrected chi connectivity index (χ1v) is 8.54. The minimum Gasteiger partial charge on any atom is -0.465 e. The number of aryl methyl sites for hydroxylation is 1. The highest BCUT2D eigenvalue weighted by Crippen LogP contribution is 2.30. The zero-order valence-corrected chi connectivity index (χ0v) is 13.6. The molecule has 0 aliphatic carbocycles. The van der Waals surface area contributed by atoms with Crippen LogP contribution in [0.1, 0.15) is 15.2 Å². The fourth-order valence-electron chi connectivity index (χ4n) is 1.75. The van der Waals surface area contributed by atoms with Crippen LogP contribution in [0.5, 0.6) is 0 Å². The lowest BCUT2D eigenvalue weighted by molar-refractivity contribution is 0.0602. The van der Waals surface area contributed by atoms with Crippen LogP contribution in [0.2, 0.25) is 5.02 Å². The second-order valence-electron chi connectivity index (χ2n) is 4.11. The number of hydrogen-bond acceptors (Lipinski definition) is 5. The second kappa shape index (κ2) is 6.05. The van der Waals surface area contributed by atoms with E-state index in [4.69, 9.17) is 11.6 Å². The largest absolute Gasteiger partial charge is 0.465 e. The third-order valence-corrected chi connectivity index (χ3v) is 5.51. The molecule has 0 bridgehead atoms. The highest BCUT2D eigenvalue weighted by atomic mass is 35.5. The van der Waals surface area contributed by atoms with Crippen molar-refractivity contribution in [3.63, 3.8) is 0 Å². The number of carbonyl (C=O) groups excluding carboxylic acids is 1. The third-order valence-electron chi connectivity index (χ3n) is 2.73. The molecule has 112 valence electrons. The standard InChI is InChI=1S/C13H12ClNO4S2/c1-8-12(13(16)19-2)10(7-20-8)15-21(17,18)11-6-4-3-5-9(11)14/h3-7,15H,1-2H3. The Labute approximate surface area is 131 Å². The Hall–Kier alpha value is -1.57. The third kappa shape index (κ3) is 3.20. The Morgan fingerprint density at radius 2 is 2.00 bits per heavy atom. The number of hydrogen-bond donors (Lipinski definition) is 1. The lowest BCUT2D eigenvalue weighted by atomic mass is 10.2. The summed E-state index contributed by atoms with van der Waals surface area (Å²) in [6.07, 6.45) is 0. The molecule has 0 amide bonds. The zero-order chi connectivity index (χ0) is 15.6. The molecule has 1 N–H and O–H groups in total. The van der Waals surface area contributed by atoms with Crippen molar-refractivity contribution >= 4 is 44.6 Å². The fourth-order valence-corrected chi connectivity index (χ4v) is 4.19. The van der Waals surface area contributed by atoms with Gasteiger partial charge in [0.25, 0.3) is 10.0 Å². The lowest BCUT2D eigenvalue weighted by Gasteiger charge is -2.10. The summed E-state index contributed by atoms with van der Waals surface area (Å²) in [4.78, 5) is 12.3. The molecule has 5 nitrogen and oxygen atoms in total. The van der Waals surface area contributed by atoms with E-state index in [2.05, 4.69) is 9.46 Å². The van der Waals surface area contributed by atoms with Gasteiger partial charge in [-0.2, -0.15) is 0 Å². The number of nitrogens with one attached hydrogen (secondary N) is 1. The van der Waals surface area contributed by atoms with Crippen molar-refractivity contribution in [3.8, 4) is 0 Å². The SMILES string of the molecule is COC(=O)c1c(NS(=O)(=O)c2ccccc2Cl)csc1C. The molecule has 1 aromatic heterocycles.